The first-order valence-corrected chi connectivity index (χ1v) is 6.89. The Morgan fingerprint density at radius 3 is 2.56 bits per heavy atom. The van der Waals surface area contributed by atoms with Crippen LogP contribution in [0.5, 0.6) is 0 Å². The van der Waals surface area contributed by atoms with Crippen molar-refractivity contribution >= 4 is 22.9 Å². The second-order valence-corrected chi connectivity index (χ2v) is 5.82. The van der Waals surface area contributed by atoms with Crippen LogP contribution >= 0.6 is 12.2 Å². The van der Waals surface area contributed by atoms with Crippen molar-refractivity contribution in [2.75, 3.05) is 18.0 Å². The molecule has 3 atom stereocenters. The Labute approximate surface area is 113 Å². The van der Waals surface area contributed by atoms with Crippen LogP contribution in [0, 0.1) is 11.8 Å². The number of aliphatic hydroxyl groups excluding tert-OH is 1. The zero-order valence-electron chi connectivity index (χ0n) is 10.2. The third kappa shape index (κ3) is 1.99. The third-order valence-electron chi connectivity index (χ3n) is 4.34. The summed E-state index contributed by atoms with van der Waals surface area (Å²) < 4.78 is 0. The minimum atomic E-state index is -0.101. The van der Waals surface area contributed by atoms with Gasteiger partial charge in [0.2, 0.25) is 0 Å². The van der Waals surface area contributed by atoms with Crippen LogP contribution in [0.1, 0.15) is 18.4 Å². The fourth-order valence-electron chi connectivity index (χ4n) is 3.28. The van der Waals surface area contributed by atoms with Crippen LogP contribution in [0.15, 0.2) is 24.3 Å². The fraction of sp³-hybridized carbons (Fsp3) is 0.500. The van der Waals surface area contributed by atoms with Gasteiger partial charge in [-0.1, -0.05) is 12.2 Å². The molecule has 1 aliphatic heterocycles. The van der Waals surface area contributed by atoms with Gasteiger partial charge in [0.1, 0.15) is 4.99 Å². The van der Waals surface area contributed by atoms with E-state index in [9.17, 15) is 5.11 Å². The maximum Gasteiger partial charge on any atom is 0.103 e. The van der Waals surface area contributed by atoms with Gasteiger partial charge >= 0.3 is 0 Å². The molecule has 3 unspecified atom stereocenters. The van der Waals surface area contributed by atoms with E-state index in [0.29, 0.717) is 16.8 Å². The van der Waals surface area contributed by atoms with Crippen LogP contribution in [0.3, 0.4) is 0 Å². The van der Waals surface area contributed by atoms with Gasteiger partial charge in [0.25, 0.3) is 0 Å². The van der Waals surface area contributed by atoms with Crippen molar-refractivity contribution in [3.05, 3.63) is 29.8 Å². The van der Waals surface area contributed by atoms with E-state index in [2.05, 4.69) is 17.0 Å². The zero-order valence-corrected chi connectivity index (χ0v) is 11.1. The number of hydrogen-bond acceptors (Lipinski definition) is 3. The minimum Gasteiger partial charge on any atom is -0.393 e. The lowest BCUT2D eigenvalue weighted by atomic mass is 10.00. The van der Waals surface area contributed by atoms with E-state index < -0.39 is 0 Å². The summed E-state index contributed by atoms with van der Waals surface area (Å²) in [7, 11) is 0. The van der Waals surface area contributed by atoms with Crippen molar-refractivity contribution in [2.24, 2.45) is 17.6 Å². The van der Waals surface area contributed by atoms with Gasteiger partial charge in [0.15, 0.2) is 0 Å². The number of nitrogens with two attached hydrogens (primary N) is 1. The molecule has 96 valence electrons. The number of nitrogens with zero attached hydrogens (tertiary/aromatic N) is 1. The number of hydrogen-bond donors (Lipinski definition) is 2. The average Bonchev–Trinajstić information content (AvgIpc) is 2.92. The normalized spacial score (nSPS) is 30.5. The van der Waals surface area contributed by atoms with Crippen molar-refractivity contribution in [1.82, 2.24) is 0 Å². The van der Waals surface area contributed by atoms with Crippen LogP contribution in [0.25, 0.3) is 0 Å². The molecule has 0 aromatic heterocycles. The van der Waals surface area contributed by atoms with Crippen LogP contribution in [0.2, 0.25) is 0 Å². The van der Waals surface area contributed by atoms with Gasteiger partial charge in [-0.05, 0) is 43.0 Å². The fourth-order valence-corrected chi connectivity index (χ4v) is 3.42. The average molecular weight is 262 g/mol. The third-order valence-corrected chi connectivity index (χ3v) is 4.57. The van der Waals surface area contributed by atoms with E-state index in [-0.39, 0.29) is 6.10 Å². The molecule has 1 aromatic rings. The Balaban J connectivity index is 1.75. The van der Waals surface area contributed by atoms with E-state index in [1.807, 2.05) is 12.1 Å². The molecule has 1 aromatic carbocycles. The van der Waals surface area contributed by atoms with Gasteiger partial charge in [-0.2, -0.15) is 0 Å². The molecule has 1 aliphatic carbocycles. The molecule has 4 heteroatoms. The van der Waals surface area contributed by atoms with Crippen LogP contribution in [-0.4, -0.2) is 29.3 Å². The predicted molar refractivity (Wildman–Crippen MR) is 76.8 cm³/mol. The predicted octanol–water partition coefficient (Wildman–Crippen LogP) is 1.53. The molecule has 0 spiro atoms. The van der Waals surface area contributed by atoms with Gasteiger partial charge in [-0.25, -0.2) is 0 Å². The first-order valence-electron chi connectivity index (χ1n) is 6.48. The molecule has 3 nitrogen and oxygen atoms in total. The number of fused-ring (bicyclic) bond motifs is 1. The van der Waals surface area contributed by atoms with Gasteiger partial charge in [0.05, 0.1) is 6.10 Å². The molecular formula is C14H18N2OS. The molecular weight excluding hydrogens is 244 g/mol. The molecule has 1 saturated heterocycles. The Kier molecular flexibility index (Phi) is 2.99. The van der Waals surface area contributed by atoms with Gasteiger partial charge < -0.3 is 15.7 Å². The van der Waals surface area contributed by atoms with E-state index in [0.717, 1.165) is 31.5 Å². The van der Waals surface area contributed by atoms with Crippen molar-refractivity contribution < 1.29 is 5.11 Å². The first-order chi connectivity index (χ1) is 8.65. The second kappa shape index (κ2) is 4.52. The van der Waals surface area contributed by atoms with E-state index >= 15 is 0 Å². The molecule has 2 aliphatic rings. The number of rotatable bonds is 2. The summed E-state index contributed by atoms with van der Waals surface area (Å²) >= 11 is 4.95. The molecule has 0 bridgehead atoms. The lowest BCUT2D eigenvalue weighted by molar-refractivity contribution is 0.133. The quantitative estimate of drug-likeness (QED) is 0.794. The maximum absolute atomic E-state index is 9.92. The topological polar surface area (TPSA) is 49.5 Å². The Bertz CT molecular complexity index is 459. The summed E-state index contributed by atoms with van der Waals surface area (Å²) in [5.74, 6) is 1.12. The zero-order chi connectivity index (χ0) is 12.7. The summed E-state index contributed by atoms with van der Waals surface area (Å²) in [5, 5.41) is 9.92. The molecule has 0 radical (unpaired) electrons. The number of thiocarbonyl (C=S) groups is 1. The van der Waals surface area contributed by atoms with Crippen molar-refractivity contribution in [3.8, 4) is 0 Å². The SMILES string of the molecule is NC(=S)c1ccc(N2CC3CCC(O)C3C2)cc1. The molecule has 0 amide bonds. The molecule has 18 heavy (non-hydrogen) atoms. The van der Waals surface area contributed by atoms with E-state index in [4.69, 9.17) is 18.0 Å². The standard InChI is InChI=1S/C14H18N2OS/c15-14(18)9-1-4-11(5-2-9)16-7-10-3-6-13(17)12(10)8-16/h1-2,4-5,10,12-13,17H,3,6-8H2,(H2,15,18). The van der Waals surface area contributed by atoms with Crippen LogP contribution in [-0.2, 0) is 0 Å². The Morgan fingerprint density at radius 1 is 1.22 bits per heavy atom. The molecule has 1 heterocycles. The van der Waals surface area contributed by atoms with E-state index in [1.165, 1.54) is 5.69 Å². The summed E-state index contributed by atoms with van der Waals surface area (Å²) in [6.45, 7) is 2.03. The largest absolute Gasteiger partial charge is 0.393 e. The highest BCUT2D eigenvalue weighted by atomic mass is 32.1. The molecule has 3 rings (SSSR count). The van der Waals surface area contributed by atoms with Gasteiger partial charge in [0, 0.05) is 30.3 Å². The van der Waals surface area contributed by atoms with Gasteiger partial charge in [-0.3, -0.25) is 0 Å². The number of benzene rings is 1. The Morgan fingerprint density at radius 2 is 1.94 bits per heavy atom. The molecule has 3 N–H and O–H groups in total. The first kappa shape index (κ1) is 11.9. The van der Waals surface area contributed by atoms with Crippen LogP contribution < -0.4 is 10.6 Å². The highest BCUT2D eigenvalue weighted by Gasteiger charge is 2.41. The summed E-state index contributed by atoms with van der Waals surface area (Å²) in [5.41, 5.74) is 7.71. The van der Waals surface area contributed by atoms with Crippen molar-refractivity contribution in [3.63, 3.8) is 0 Å². The summed E-state index contributed by atoms with van der Waals surface area (Å²) in [6, 6.07) is 8.09. The van der Waals surface area contributed by atoms with E-state index in [1.54, 1.807) is 0 Å². The van der Waals surface area contributed by atoms with Gasteiger partial charge in [-0.15, -0.1) is 0 Å². The highest BCUT2D eigenvalue weighted by molar-refractivity contribution is 7.80. The lowest BCUT2D eigenvalue weighted by Crippen LogP contribution is -2.24. The monoisotopic (exact) mass is 262 g/mol. The highest BCUT2D eigenvalue weighted by Crippen LogP contribution is 2.39. The van der Waals surface area contributed by atoms with Crippen molar-refractivity contribution in [2.45, 2.75) is 18.9 Å². The lowest BCUT2D eigenvalue weighted by Gasteiger charge is -2.20. The number of anilines is 1. The summed E-state index contributed by atoms with van der Waals surface area (Å²) in [6.07, 6.45) is 2.03. The van der Waals surface area contributed by atoms with Crippen LogP contribution in [0.4, 0.5) is 5.69 Å². The second-order valence-electron chi connectivity index (χ2n) is 5.38. The number of aliphatic hydroxyl groups is 1. The Hall–Kier alpha value is -1.13. The summed E-state index contributed by atoms with van der Waals surface area (Å²) in [4.78, 5) is 2.80. The minimum absolute atomic E-state index is 0.101. The molecule has 2 fully saturated rings. The maximum atomic E-state index is 9.92. The van der Waals surface area contributed by atoms with Crippen molar-refractivity contribution in [1.29, 1.82) is 0 Å². The molecule has 1 saturated carbocycles. The smallest absolute Gasteiger partial charge is 0.103 e.